The fourth-order valence-corrected chi connectivity index (χ4v) is 3.43. The highest BCUT2D eigenvalue weighted by atomic mass is 32.2. The monoisotopic (exact) mass is 433 g/mol. The van der Waals surface area contributed by atoms with E-state index in [9.17, 15) is 36.5 Å². The van der Waals surface area contributed by atoms with Crippen LogP contribution in [0.25, 0.3) is 0 Å². The first-order valence-electron chi connectivity index (χ1n) is 7.69. The number of anilines is 2. The van der Waals surface area contributed by atoms with Crippen molar-refractivity contribution >= 4 is 33.0 Å². The third-order valence-corrected chi connectivity index (χ3v) is 4.91. The van der Waals surface area contributed by atoms with Gasteiger partial charge < -0.3 is 10.1 Å². The van der Waals surface area contributed by atoms with Crippen molar-refractivity contribution in [1.29, 1.82) is 0 Å². The highest BCUT2D eigenvalue weighted by Crippen LogP contribution is 2.38. The van der Waals surface area contributed by atoms with Crippen molar-refractivity contribution in [3.63, 3.8) is 0 Å². The number of nitro groups is 1. The van der Waals surface area contributed by atoms with Gasteiger partial charge >= 0.3 is 11.9 Å². The molecule has 0 fully saturated rings. The van der Waals surface area contributed by atoms with Gasteiger partial charge in [-0.1, -0.05) is 0 Å². The third kappa shape index (κ3) is 5.13. The summed E-state index contributed by atoms with van der Waals surface area (Å²) in [5, 5.41) is 13.2. The van der Waals surface area contributed by atoms with Crippen LogP contribution in [0.4, 0.5) is 30.2 Å². The van der Waals surface area contributed by atoms with Crippen LogP contribution < -0.4 is 14.8 Å². The van der Waals surface area contributed by atoms with E-state index < -0.39 is 48.9 Å². The zero-order valence-corrected chi connectivity index (χ0v) is 15.7. The van der Waals surface area contributed by atoms with E-state index >= 15 is 0 Å². The molecule has 0 saturated heterocycles. The number of carbonyl (C=O) groups excluding carboxylic acids is 1. The van der Waals surface area contributed by atoms with Crippen molar-refractivity contribution in [1.82, 2.24) is 0 Å². The number of hydrogen-bond acceptors (Lipinski definition) is 6. The molecule has 0 bridgehead atoms. The molecule has 0 aliphatic carbocycles. The Balaban J connectivity index is 2.51. The van der Waals surface area contributed by atoms with Gasteiger partial charge in [0.25, 0.3) is 10.0 Å². The van der Waals surface area contributed by atoms with Gasteiger partial charge in [0.2, 0.25) is 5.91 Å². The van der Waals surface area contributed by atoms with Crippen LogP contribution in [0.5, 0.6) is 5.75 Å². The first-order chi connectivity index (χ1) is 13.3. The Bertz CT molecular complexity index is 1070. The van der Waals surface area contributed by atoms with E-state index in [-0.39, 0.29) is 11.4 Å². The van der Waals surface area contributed by atoms with E-state index in [0.29, 0.717) is 12.1 Å². The molecule has 2 N–H and O–H groups in total. The molecule has 0 heterocycles. The minimum absolute atomic E-state index is 0.187. The second-order valence-corrected chi connectivity index (χ2v) is 7.32. The molecule has 0 aliphatic heterocycles. The Morgan fingerprint density at radius 3 is 2.34 bits per heavy atom. The Kier molecular flexibility index (Phi) is 6.01. The summed E-state index contributed by atoms with van der Waals surface area (Å²) in [5.74, 6) is -0.832. The molecule has 0 aliphatic rings. The van der Waals surface area contributed by atoms with Crippen LogP contribution >= 0.6 is 0 Å². The number of amides is 1. The first kappa shape index (κ1) is 21.9. The van der Waals surface area contributed by atoms with Crippen LogP contribution in [0, 0.1) is 10.1 Å². The molecule has 156 valence electrons. The van der Waals surface area contributed by atoms with Gasteiger partial charge in [-0.05, 0) is 30.3 Å². The van der Waals surface area contributed by atoms with Gasteiger partial charge in [0.1, 0.15) is 0 Å². The van der Waals surface area contributed by atoms with Crippen LogP contribution in [-0.4, -0.2) is 26.4 Å². The second-order valence-electron chi connectivity index (χ2n) is 5.64. The lowest BCUT2D eigenvalue weighted by molar-refractivity contribution is -0.386. The Labute approximate surface area is 162 Å². The summed E-state index contributed by atoms with van der Waals surface area (Å²) in [5.41, 5.74) is -3.03. The van der Waals surface area contributed by atoms with E-state index in [1.54, 1.807) is 4.72 Å². The SMILES string of the molecule is COc1ccc(S(=O)(=O)Nc2ccc(NC(C)=O)cc2C(F)(F)F)cc1[N+](=O)[O-]. The zero-order chi connectivity index (χ0) is 22.0. The Morgan fingerprint density at radius 1 is 1.17 bits per heavy atom. The summed E-state index contributed by atoms with van der Waals surface area (Å²) in [6.07, 6.45) is -4.95. The van der Waals surface area contributed by atoms with Crippen molar-refractivity contribution in [3.05, 3.63) is 52.1 Å². The highest BCUT2D eigenvalue weighted by Gasteiger charge is 2.35. The fourth-order valence-electron chi connectivity index (χ4n) is 2.33. The van der Waals surface area contributed by atoms with Gasteiger partial charge in [-0.3, -0.25) is 19.6 Å². The topological polar surface area (TPSA) is 128 Å². The molecule has 0 atom stereocenters. The lowest BCUT2D eigenvalue weighted by atomic mass is 10.1. The normalized spacial score (nSPS) is 11.6. The summed E-state index contributed by atoms with van der Waals surface area (Å²) >= 11 is 0. The minimum Gasteiger partial charge on any atom is -0.490 e. The van der Waals surface area contributed by atoms with Crippen LogP contribution in [0.1, 0.15) is 12.5 Å². The standard InChI is InChI=1S/C16H14F3N3O6S/c1-9(23)20-10-3-5-13(12(7-10)16(17,18)19)21-29(26,27)11-4-6-15(28-2)14(8-11)22(24)25/h3-8,21H,1-2H3,(H,20,23). The molecular weight excluding hydrogens is 419 g/mol. The van der Waals surface area contributed by atoms with Crippen LogP contribution in [-0.2, 0) is 21.0 Å². The number of sulfonamides is 1. The maximum Gasteiger partial charge on any atom is 0.418 e. The van der Waals surface area contributed by atoms with Crippen molar-refractivity contribution in [2.24, 2.45) is 0 Å². The lowest BCUT2D eigenvalue weighted by Gasteiger charge is -2.16. The quantitative estimate of drug-likeness (QED) is 0.531. The average Bonchev–Trinajstić information content (AvgIpc) is 2.60. The molecule has 0 unspecified atom stereocenters. The van der Waals surface area contributed by atoms with Crippen molar-refractivity contribution in [3.8, 4) is 5.75 Å². The first-order valence-corrected chi connectivity index (χ1v) is 9.17. The van der Waals surface area contributed by atoms with Crippen LogP contribution in [0.2, 0.25) is 0 Å². The number of carbonyl (C=O) groups is 1. The summed E-state index contributed by atoms with van der Waals surface area (Å²) in [6, 6.07) is 5.09. The van der Waals surface area contributed by atoms with Crippen LogP contribution in [0.3, 0.4) is 0 Å². The number of methoxy groups -OCH3 is 1. The highest BCUT2D eigenvalue weighted by molar-refractivity contribution is 7.92. The fraction of sp³-hybridized carbons (Fsp3) is 0.188. The molecular formula is C16H14F3N3O6S. The number of nitrogens with one attached hydrogen (secondary N) is 2. The molecule has 1 amide bonds. The number of nitrogens with zero attached hydrogens (tertiary/aromatic N) is 1. The second kappa shape index (κ2) is 7.95. The van der Waals surface area contributed by atoms with Crippen LogP contribution in [0.15, 0.2) is 41.3 Å². The number of ether oxygens (including phenoxy) is 1. The van der Waals surface area contributed by atoms with Crippen molar-refractivity contribution in [2.75, 3.05) is 17.1 Å². The number of alkyl halides is 3. The summed E-state index contributed by atoms with van der Waals surface area (Å²) in [4.78, 5) is 20.6. The zero-order valence-electron chi connectivity index (χ0n) is 14.9. The molecule has 29 heavy (non-hydrogen) atoms. The van der Waals surface area contributed by atoms with Crippen molar-refractivity contribution in [2.45, 2.75) is 18.0 Å². The maximum absolute atomic E-state index is 13.4. The molecule has 2 aromatic rings. The van der Waals surface area contributed by atoms with E-state index in [1.807, 2.05) is 0 Å². The van der Waals surface area contributed by atoms with Gasteiger partial charge in [0, 0.05) is 18.7 Å². The van der Waals surface area contributed by atoms with E-state index in [0.717, 1.165) is 38.3 Å². The predicted octanol–water partition coefficient (Wildman–Crippen LogP) is 3.38. The Morgan fingerprint density at radius 2 is 1.83 bits per heavy atom. The number of halogens is 3. The molecule has 0 aromatic heterocycles. The summed E-state index contributed by atoms with van der Waals surface area (Å²) < 4.78 is 71.6. The van der Waals surface area contributed by atoms with Gasteiger partial charge in [0.15, 0.2) is 5.75 Å². The number of nitro benzene ring substituents is 1. The minimum atomic E-state index is -4.95. The van der Waals surface area contributed by atoms with Crippen molar-refractivity contribution < 1.29 is 36.0 Å². The van der Waals surface area contributed by atoms with Gasteiger partial charge in [0.05, 0.1) is 28.2 Å². The number of hydrogen-bond donors (Lipinski definition) is 2. The average molecular weight is 433 g/mol. The number of benzene rings is 2. The van der Waals surface area contributed by atoms with Gasteiger partial charge in [-0.25, -0.2) is 8.42 Å². The maximum atomic E-state index is 13.4. The molecule has 0 spiro atoms. The molecule has 2 aromatic carbocycles. The number of rotatable bonds is 6. The van der Waals surface area contributed by atoms with E-state index in [2.05, 4.69) is 5.32 Å². The van der Waals surface area contributed by atoms with Gasteiger partial charge in [-0.2, -0.15) is 13.2 Å². The summed E-state index contributed by atoms with van der Waals surface area (Å²) in [7, 11) is -3.47. The molecule has 0 saturated carbocycles. The van der Waals surface area contributed by atoms with E-state index in [4.69, 9.17) is 4.74 Å². The molecule has 13 heteroatoms. The third-order valence-electron chi connectivity index (χ3n) is 3.55. The smallest absolute Gasteiger partial charge is 0.418 e. The molecule has 9 nitrogen and oxygen atoms in total. The lowest BCUT2D eigenvalue weighted by Crippen LogP contribution is -2.18. The largest absolute Gasteiger partial charge is 0.490 e. The Hall–Kier alpha value is -3.35. The predicted molar refractivity (Wildman–Crippen MR) is 96.2 cm³/mol. The molecule has 2 rings (SSSR count). The van der Waals surface area contributed by atoms with Gasteiger partial charge in [-0.15, -0.1) is 0 Å². The van der Waals surface area contributed by atoms with E-state index in [1.165, 1.54) is 0 Å². The summed E-state index contributed by atoms with van der Waals surface area (Å²) in [6.45, 7) is 1.10. The molecule has 0 radical (unpaired) electrons.